The van der Waals surface area contributed by atoms with E-state index in [1.165, 1.54) is 12.1 Å². The van der Waals surface area contributed by atoms with Crippen LogP contribution in [0.25, 0.3) is 0 Å². The molecule has 0 unspecified atom stereocenters. The van der Waals surface area contributed by atoms with Crippen LogP contribution in [-0.4, -0.2) is 0 Å². The third kappa shape index (κ3) is 4.73. The molecule has 12 heavy (non-hydrogen) atoms. The summed E-state index contributed by atoms with van der Waals surface area (Å²) in [6.07, 6.45) is 0. The highest BCUT2D eigenvalue weighted by Gasteiger charge is 1.88. The molecular formula is C8H4BrClN2. The molecule has 0 heterocycles. The van der Waals surface area contributed by atoms with Crippen molar-refractivity contribution < 1.29 is 0 Å². The highest BCUT2D eigenvalue weighted by atomic mass is 79.9. The van der Waals surface area contributed by atoms with Crippen molar-refractivity contribution in [3.63, 3.8) is 0 Å². The fourth-order valence-corrected chi connectivity index (χ4v) is 0.860. The molecule has 60 valence electrons. The number of benzene rings is 1. The van der Waals surface area contributed by atoms with E-state index in [1.54, 1.807) is 0 Å². The Bertz CT molecular complexity index is 292. The molecule has 0 N–H and O–H groups in total. The van der Waals surface area contributed by atoms with Crippen molar-refractivity contribution >= 4 is 27.5 Å². The zero-order chi connectivity index (χ0) is 9.40. The molecule has 0 amide bonds. The van der Waals surface area contributed by atoms with Crippen LogP contribution in [0.3, 0.4) is 0 Å². The van der Waals surface area contributed by atoms with Gasteiger partial charge < -0.3 is 0 Å². The molecule has 2 nitrogen and oxygen atoms in total. The first-order valence-electron chi connectivity index (χ1n) is 2.90. The van der Waals surface area contributed by atoms with E-state index in [-0.39, 0.29) is 0 Å². The second-order valence-electron chi connectivity index (χ2n) is 1.64. The predicted octanol–water partition coefficient (Wildman–Crippen LogP) is 3.14. The molecule has 0 aromatic heterocycles. The zero-order valence-electron chi connectivity index (χ0n) is 5.96. The van der Waals surface area contributed by atoms with Crippen LogP contribution >= 0.6 is 27.5 Å². The van der Waals surface area contributed by atoms with Crippen LogP contribution < -0.4 is 0 Å². The summed E-state index contributed by atoms with van der Waals surface area (Å²) in [6, 6.07) is 10.0. The van der Waals surface area contributed by atoms with Gasteiger partial charge in [0.05, 0.1) is 5.02 Å². The van der Waals surface area contributed by atoms with Crippen molar-refractivity contribution in [1.29, 1.82) is 10.5 Å². The number of halogens is 2. The summed E-state index contributed by atoms with van der Waals surface area (Å²) in [5.74, 6) is 0. The van der Waals surface area contributed by atoms with Gasteiger partial charge in [0.2, 0.25) is 0 Å². The molecular weight excluding hydrogens is 239 g/mol. The molecule has 1 rings (SSSR count). The normalized spacial score (nSPS) is 7.00. The molecule has 0 atom stereocenters. The summed E-state index contributed by atoms with van der Waals surface area (Å²) < 4.78 is 0.946. The Labute approximate surface area is 84.1 Å². The lowest BCUT2D eigenvalue weighted by Crippen LogP contribution is -1.62. The highest BCUT2D eigenvalue weighted by molar-refractivity contribution is 9.10. The number of nitriles is 2. The van der Waals surface area contributed by atoms with Crippen LogP contribution in [-0.2, 0) is 0 Å². The molecule has 4 heteroatoms. The minimum absolute atomic E-state index is 0.757. The Morgan fingerprint density at radius 2 is 1.67 bits per heavy atom. The van der Waals surface area contributed by atoms with Gasteiger partial charge in [-0.2, -0.15) is 10.5 Å². The summed E-state index contributed by atoms with van der Waals surface area (Å²) in [4.78, 5) is 0. The molecule has 0 saturated heterocycles. The Kier molecular flexibility index (Phi) is 6.09. The SMILES string of the molecule is Clc1ccccc1Br.N#CC#N. The minimum atomic E-state index is 0.757. The molecule has 0 radical (unpaired) electrons. The Morgan fingerprint density at radius 3 is 1.92 bits per heavy atom. The van der Waals surface area contributed by atoms with Crippen molar-refractivity contribution in [2.24, 2.45) is 0 Å². The van der Waals surface area contributed by atoms with Crippen molar-refractivity contribution in [1.82, 2.24) is 0 Å². The molecule has 0 saturated carbocycles. The lowest BCUT2D eigenvalue weighted by molar-refractivity contribution is 1.49. The van der Waals surface area contributed by atoms with Gasteiger partial charge in [0.25, 0.3) is 0 Å². The number of hydrogen-bond donors (Lipinski definition) is 0. The van der Waals surface area contributed by atoms with Gasteiger partial charge in [-0.05, 0) is 28.1 Å². The second-order valence-corrected chi connectivity index (χ2v) is 2.90. The topological polar surface area (TPSA) is 47.6 Å². The fraction of sp³-hybridized carbons (Fsp3) is 0. The molecule has 1 aromatic rings. The van der Waals surface area contributed by atoms with Crippen LogP contribution in [0.1, 0.15) is 0 Å². The van der Waals surface area contributed by atoms with Crippen LogP contribution in [0.5, 0.6) is 0 Å². The van der Waals surface area contributed by atoms with Crippen molar-refractivity contribution in [3.8, 4) is 12.1 Å². The van der Waals surface area contributed by atoms with Crippen molar-refractivity contribution in [2.45, 2.75) is 0 Å². The molecule has 0 aliphatic heterocycles. The number of rotatable bonds is 0. The number of hydrogen-bond acceptors (Lipinski definition) is 2. The Morgan fingerprint density at radius 1 is 1.17 bits per heavy atom. The van der Waals surface area contributed by atoms with E-state index in [9.17, 15) is 0 Å². The van der Waals surface area contributed by atoms with E-state index in [1.807, 2.05) is 24.3 Å². The Balaban J connectivity index is 0.000000261. The Hall–Kier alpha value is -1.03. The van der Waals surface area contributed by atoms with Gasteiger partial charge in [0, 0.05) is 4.47 Å². The van der Waals surface area contributed by atoms with E-state index in [0.29, 0.717) is 0 Å². The quantitative estimate of drug-likeness (QED) is 0.703. The average molecular weight is 243 g/mol. The molecule has 0 bridgehead atoms. The lowest BCUT2D eigenvalue weighted by Gasteiger charge is -1.88. The first kappa shape index (κ1) is 11.0. The molecule has 1 aromatic carbocycles. The van der Waals surface area contributed by atoms with E-state index in [0.717, 1.165) is 9.50 Å². The summed E-state index contributed by atoms with van der Waals surface area (Å²) in [6.45, 7) is 0. The predicted molar refractivity (Wildman–Crippen MR) is 50.4 cm³/mol. The van der Waals surface area contributed by atoms with Gasteiger partial charge in [-0.15, -0.1) is 0 Å². The van der Waals surface area contributed by atoms with E-state index in [4.69, 9.17) is 22.1 Å². The summed E-state index contributed by atoms with van der Waals surface area (Å²) in [5, 5.41) is 15.3. The molecule has 0 spiro atoms. The first-order valence-corrected chi connectivity index (χ1v) is 4.07. The van der Waals surface area contributed by atoms with E-state index in [2.05, 4.69) is 15.9 Å². The maximum Gasteiger partial charge on any atom is 0.181 e. The maximum absolute atomic E-state index is 7.26. The van der Waals surface area contributed by atoms with Gasteiger partial charge in [-0.3, -0.25) is 0 Å². The summed E-state index contributed by atoms with van der Waals surface area (Å²) in [5.41, 5.74) is 0. The zero-order valence-corrected chi connectivity index (χ0v) is 8.30. The third-order valence-corrected chi connectivity index (χ3v) is 2.12. The number of nitrogens with zero attached hydrogens (tertiary/aromatic N) is 2. The fourth-order valence-electron chi connectivity index (χ4n) is 0.439. The monoisotopic (exact) mass is 242 g/mol. The van der Waals surface area contributed by atoms with Crippen molar-refractivity contribution in [3.05, 3.63) is 33.8 Å². The van der Waals surface area contributed by atoms with Crippen LogP contribution in [0.15, 0.2) is 28.7 Å². The largest absolute Gasteiger partial charge is 0.181 e. The molecule has 0 aliphatic rings. The summed E-state index contributed by atoms with van der Waals surface area (Å²) >= 11 is 8.93. The molecule has 0 fully saturated rings. The molecule has 0 aliphatic carbocycles. The van der Waals surface area contributed by atoms with Crippen molar-refractivity contribution in [2.75, 3.05) is 0 Å². The third-order valence-electron chi connectivity index (χ3n) is 0.874. The first-order chi connectivity index (χ1) is 5.72. The summed E-state index contributed by atoms with van der Waals surface area (Å²) in [7, 11) is 0. The van der Waals surface area contributed by atoms with Crippen LogP contribution in [0.4, 0.5) is 0 Å². The highest BCUT2D eigenvalue weighted by Crippen LogP contribution is 2.20. The van der Waals surface area contributed by atoms with Gasteiger partial charge in [-0.25, -0.2) is 0 Å². The lowest BCUT2D eigenvalue weighted by atomic mass is 10.4. The maximum atomic E-state index is 7.26. The van der Waals surface area contributed by atoms with E-state index < -0.39 is 0 Å². The van der Waals surface area contributed by atoms with Gasteiger partial charge in [-0.1, -0.05) is 23.7 Å². The van der Waals surface area contributed by atoms with E-state index >= 15 is 0 Å². The standard InChI is InChI=1S/C6H4BrCl.C2N2/c7-5-3-1-2-4-6(5)8;3-1-2-4/h1-4H;. The van der Waals surface area contributed by atoms with Crippen LogP contribution in [0.2, 0.25) is 5.02 Å². The van der Waals surface area contributed by atoms with Crippen LogP contribution in [0, 0.1) is 22.7 Å². The van der Waals surface area contributed by atoms with Gasteiger partial charge >= 0.3 is 0 Å². The van der Waals surface area contributed by atoms with Gasteiger partial charge in [0.15, 0.2) is 12.1 Å². The van der Waals surface area contributed by atoms with Gasteiger partial charge in [0.1, 0.15) is 0 Å². The average Bonchev–Trinajstić information content (AvgIpc) is 2.11. The minimum Gasteiger partial charge on any atom is -0.181 e. The smallest absolute Gasteiger partial charge is 0.181 e. The second kappa shape index (κ2) is 6.67.